The Labute approximate surface area is 206 Å². The van der Waals surface area contributed by atoms with Crippen LogP contribution in [0.3, 0.4) is 0 Å². The minimum absolute atomic E-state index is 0.0617. The first-order valence-electron chi connectivity index (χ1n) is 12.6. The number of fused-ring (bicyclic) bond motifs is 4. The molecule has 5 rings (SSSR count). The summed E-state index contributed by atoms with van der Waals surface area (Å²) in [5, 5.41) is 2.72. The van der Waals surface area contributed by atoms with Gasteiger partial charge in [-0.25, -0.2) is 4.79 Å². The van der Waals surface area contributed by atoms with Crippen molar-refractivity contribution in [1.29, 1.82) is 0 Å². The van der Waals surface area contributed by atoms with Gasteiger partial charge in [0.1, 0.15) is 6.61 Å². The van der Waals surface area contributed by atoms with Crippen molar-refractivity contribution < 1.29 is 19.1 Å². The Bertz CT molecular complexity index is 1090. The van der Waals surface area contributed by atoms with Crippen molar-refractivity contribution in [3.8, 4) is 11.1 Å². The summed E-state index contributed by atoms with van der Waals surface area (Å²) in [6.45, 7) is 5.32. The first kappa shape index (κ1) is 23.5. The monoisotopic (exact) mass is 475 g/mol. The van der Waals surface area contributed by atoms with Crippen molar-refractivity contribution in [2.24, 2.45) is 0 Å². The highest BCUT2D eigenvalue weighted by atomic mass is 16.5. The summed E-state index contributed by atoms with van der Waals surface area (Å²) < 4.78 is 5.88. The molecule has 0 bridgehead atoms. The maximum absolute atomic E-state index is 13.4. The summed E-state index contributed by atoms with van der Waals surface area (Å²) in [5.41, 5.74) is 4.59. The SMILES string of the molecule is CC(C)N1CCC2CCCN2[C@@H](C(=O)OCC2c3ccccc3-c3ccccc32)C(=O)NCC1=O. The normalized spacial score (nSPS) is 23.0. The van der Waals surface area contributed by atoms with Crippen LogP contribution in [0.2, 0.25) is 0 Å². The van der Waals surface area contributed by atoms with Gasteiger partial charge in [-0.05, 0) is 61.9 Å². The highest BCUT2D eigenvalue weighted by molar-refractivity contribution is 6.03. The molecule has 2 saturated heterocycles. The van der Waals surface area contributed by atoms with E-state index in [1.165, 1.54) is 0 Å². The first-order valence-corrected chi connectivity index (χ1v) is 12.6. The molecule has 2 aromatic carbocycles. The number of rotatable bonds is 4. The quantitative estimate of drug-likeness (QED) is 0.543. The average Bonchev–Trinajstić information content (AvgIpc) is 3.44. The predicted molar refractivity (Wildman–Crippen MR) is 133 cm³/mol. The lowest BCUT2D eigenvalue weighted by Gasteiger charge is -2.35. The van der Waals surface area contributed by atoms with E-state index in [1.807, 2.05) is 47.9 Å². The van der Waals surface area contributed by atoms with Crippen molar-refractivity contribution in [2.75, 3.05) is 26.2 Å². The molecule has 2 heterocycles. The molecule has 184 valence electrons. The predicted octanol–water partition coefficient (Wildman–Crippen LogP) is 2.93. The fourth-order valence-electron chi connectivity index (χ4n) is 5.90. The van der Waals surface area contributed by atoms with Gasteiger partial charge >= 0.3 is 5.97 Å². The van der Waals surface area contributed by atoms with E-state index >= 15 is 0 Å². The van der Waals surface area contributed by atoms with E-state index in [0.29, 0.717) is 13.1 Å². The van der Waals surface area contributed by atoms with E-state index in [9.17, 15) is 14.4 Å². The van der Waals surface area contributed by atoms with Gasteiger partial charge in [0.2, 0.25) is 11.8 Å². The van der Waals surface area contributed by atoms with Crippen LogP contribution in [0.25, 0.3) is 11.1 Å². The van der Waals surface area contributed by atoms with Crippen molar-refractivity contribution in [2.45, 2.75) is 57.2 Å². The number of hydrogen-bond acceptors (Lipinski definition) is 5. The van der Waals surface area contributed by atoms with Crippen molar-refractivity contribution in [1.82, 2.24) is 15.1 Å². The van der Waals surface area contributed by atoms with Gasteiger partial charge in [0, 0.05) is 24.5 Å². The third kappa shape index (κ3) is 4.45. The first-order chi connectivity index (χ1) is 17.0. The van der Waals surface area contributed by atoms with Crippen LogP contribution in [0, 0.1) is 0 Å². The van der Waals surface area contributed by atoms with Crippen LogP contribution < -0.4 is 5.32 Å². The van der Waals surface area contributed by atoms with Gasteiger partial charge in [0.05, 0.1) is 6.54 Å². The Kier molecular flexibility index (Phi) is 6.60. The molecule has 7 nitrogen and oxygen atoms in total. The lowest BCUT2D eigenvalue weighted by Crippen LogP contribution is -2.57. The second kappa shape index (κ2) is 9.82. The molecule has 0 radical (unpaired) electrons. The van der Waals surface area contributed by atoms with Crippen molar-refractivity contribution in [3.63, 3.8) is 0 Å². The number of nitrogens with one attached hydrogen (secondary N) is 1. The van der Waals surface area contributed by atoms with E-state index in [-0.39, 0.29) is 37.1 Å². The third-order valence-corrected chi connectivity index (χ3v) is 7.64. The van der Waals surface area contributed by atoms with Crippen LogP contribution >= 0.6 is 0 Å². The fourth-order valence-corrected chi connectivity index (χ4v) is 5.90. The molecule has 0 saturated carbocycles. The second-order valence-corrected chi connectivity index (χ2v) is 9.98. The molecule has 0 spiro atoms. The van der Waals surface area contributed by atoms with Gasteiger partial charge in [-0.3, -0.25) is 14.5 Å². The largest absolute Gasteiger partial charge is 0.463 e. The lowest BCUT2D eigenvalue weighted by molar-refractivity contribution is -0.156. The van der Waals surface area contributed by atoms with Crippen LogP contribution in [0.1, 0.15) is 50.2 Å². The number of carbonyl (C=O) groups is 3. The smallest absolute Gasteiger partial charge is 0.333 e. The number of ether oxygens (including phenoxy) is 1. The maximum atomic E-state index is 13.4. The minimum atomic E-state index is -1.03. The summed E-state index contributed by atoms with van der Waals surface area (Å²) in [7, 11) is 0. The molecule has 2 atom stereocenters. The summed E-state index contributed by atoms with van der Waals surface area (Å²) >= 11 is 0. The molecule has 2 amide bonds. The lowest BCUT2D eigenvalue weighted by atomic mass is 9.98. The van der Waals surface area contributed by atoms with Crippen LogP contribution in [0.4, 0.5) is 0 Å². The Hall–Kier alpha value is -3.19. The highest BCUT2D eigenvalue weighted by Gasteiger charge is 2.42. The van der Waals surface area contributed by atoms with E-state index in [1.54, 1.807) is 0 Å². The van der Waals surface area contributed by atoms with Gasteiger partial charge in [-0.15, -0.1) is 0 Å². The molecule has 35 heavy (non-hydrogen) atoms. The highest BCUT2D eigenvalue weighted by Crippen LogP contribution is 2.44. The zero-order chi connectivity index (χ0) is 24.5. The summed E-state index contributed by atoms with van der Waals surface area (Å²) in [6, 6.07) is 15.5. The van der Waals surface area contributed by atoms with Crippen molar-refractivity contribution >= 4 is 17.8 Å². The Balaban J connectivity index is 1.35. The van der Waals surface area contributed by atoms with Crippen LogP contribution in [0.15, 0.2) is 48.5 Å². The van der Waals surface area contributed by atoms with Gasteiger partial charge < -0.3 is 15.0 Å². The molecule has 3 aliphatic rings. The Morgan fingerprint density at radius 3 is 2.31 bits per heavy atom. The molecule has 0 aromatic heterocycles. The standard InChI is InChI=1S/C28H33N3O4/c1-18(2)30-15-13-19-8-7-14-31(19)26(27(33)29-16-25(30)32)28(34)35-17-24-22-11-5-3-9-20(22)21-10-4-6-12-23(21)24/h3-6,9-12,18-19,24,26H,7-8,13-17H2,1-2H3,(H,29,33)/t19?,26-/m1/s1. The van der Waals surface area contributed by atoms with E-state index in [2.05, 4.69) is 29.6 Å². The van der Waals surface area contributed by atoms with Crippen LogP contribution in [-0.4, -0.2) is 72.0 Å². The van der Waals surface area contributed by atoms with Crippen LogP contribution in [0.5, 0.6) is 0 Å². The molecule has 1 unspecified atom stereocenters. The molecule has 1 aliphatic carbocycles. The third-order valence-electron chi connectivity index (χ3n) is 7.64. The van der Waals surface area contributed by atoms with Gasteiger partial charge in [-0.1, -0.05) is 48.5 Å². The average molecular weight is 476 g/mol. The number of carbonyl (C=O) groups excluding carboxylic acids is 3. The number of benzene rings is 2. The summed E-state index contributed by atoms with van der Waals surface area (Å²) in [5.74, 6) is -1.17. The fraction of sp³-hybridized carbons (Fsp3) is 0.464. The Morgan fingerprint density at radius 2 is 1.66 bits per heavy atom. The second-order valence-electron chi connectivity index (χ2n) is 9.98. The Morgan fingerprint density at radius 1 is 1.00 bits per heavy atom. The molecular formula is C28H33N3O4. The zero-order valence-electron chi connectivity index (χ0n) is 20.4. The molecule has 2 fully saturated rings. The summed E-state index contributed by atoms with van der Waals surface area (Å²) in [4.78, 5) is 43.1. The number of amides is 2. The maximum Gasteiger partial charge on any atom is 0.333 e. The molecule has 2 aliphatic heterocycles. The van der Waals surface area contributed by atoms with Gasteiger partial charge in [0.25, 0.3) is 0 Å². The molecule has 2 aromatic rings. The molecular weight excluding hydrogens is 442 g/mol. The van der Waals surface area contributed by atoms with E-state index in [0.717, 1.165) is 41.5 Å². The van der Waals surface area contributed by atoms with E-state index < -0.39 is 17.9 Å². The van der Waals surface area contributed by atoms with Gasteiger partial charge in [-0.2, -0.15) is 0 Å². The summed E-state index contributed by atoms with van der Waals surface area (Å²) in [6.07, 6.45) is 2.56. The van der Waals surface area contributed by atoms with E-state index in [4.69, 9.17) is 4.74 Å². The molecule has 7 heteroatoms. The number of esters is 1. The zero-order valence-corrected chi connectivity index (χ0v) is 20.4. The topological polar surface area (TPSA) is 79.0 Å². The minimum Gasteiger partial charge on any atom is -0.463 e. The van der Waals surface area contributed by atoms with Crippen LogP contribution in [-0.2, 0) is 19.1 Å². The van der Waals surface area contributed by atoms with Crippen molar-refractivity contribution in [3.05, 3.63) is 59.7 Å². The van der Waals surface area contributed by atoms with Gasteiger partial charge in [0.15, 0.2) is 6.04 Å². The number of hydrogen-bond donors (Lipinski definition) is 1. The number of nitrogens with zero attached hydrogens (tertiary/aromatic N) is 2. The molecule has 1 N–H and O–H groups in total.